The summed E-state index contributed by atoms with van der Waals surface area (Å²) < 4.78 is 21.7. The van der Waals surface area contributed by atoms with E-state index in [0.717, 1.165) is 11.1 Å². The van der Waals surface area contributed by atoms with Crippen LogP contribution in [0.15, 0.2) is 137 Å². The van der Waals surface area contributed by atoms with Crippen LogP contribution >= 0.6 is 23.1 Å². The highest BCUT2D eigenvalue weighted by molar-refractivity contribution is 8.00. The highest BCUT2D eigenvalue weighted by Gasteiger charge is 2.24. The van der Waals surface area contributed by atoms with Crippen LogP contribution in [0.25, 0.3) is 17.3 Å². The molecule has 1 heterocycles. The molecule has 6 aromatic rings. The number of nitrogens with one attached hydrogen (secondary N) is 3. The fraction of sp³-hybridized carbons (Fsp3) is 0.116. The molecule has 1 unspecified atom stereocenters. The molecule has 13 heteroatoms. The number of nitrogens with zero attached hydrogens (tertiary/aromatic N) is 1. The molecule has 0 aliphatic heterocycles. The number of benzene rings is 5. The lowest BCUT2D eigenvalue weighted by Crippen LogP contribution is -2.30. The van der Waals surface area contributed by atoms with E-state index in [1.807, 2.05) is 53.9 Å². The van der Waals surface area contributed by atoms with Crippen molar-refractivity contribution in [3.8, 4) is 34.3 Å². The summed E-state index contributed by atoms with van der Waals surface area (Å²) in [5.41, 5.74) is 3.63. The van der Waals surface area contributed by atoms with Gasteiger partial charge in [-0.3, -0.25) is 14.4 Å². The van der Waals surface area contributed by atoms with Crippen LogP contribution in [0.2, 0.25) is 0 Å². The van der Waals surface area contributed by atoms with Gasteiger partial charge in [0, 0.05) is 38.7 Å². The Balaban J connectivity index is 1.23. The number of thiazole rings is 1. The van der Waals surface area contributed by atoms with Gasteiger partial charge in [0.2, 0.25) is 5.91 Å². The Morgan fingerprint density at radius 1 is 0.714 bits per heavy atom. The van der Waals surface area contributed by atoms with E-state index in [1.54, 1.807) is 94.1 Å². The van der Waals surface area contributed by atoms with Crippen molar-refractivity contribution in [2.24, 2.45) is 0 Å². The van der Waals surface area contributed by atoms with Gasteiger partial charge in [-0.25, -0.2) is 4.98 Å². The van der Waals surface area contributed by atoms with E-state index in [2.05, 4.69) is 20.9 Å². The SMILES string of the molecule is COc1ccc(/C=C(/NC(=O)c2ccccc2)C(=O)Nc2cccc(SC(C(=O)Nc3nc(-c4ccc(OC)c(OC)c4)cs3)c3ccccc3)c2)c(OC)c1. The van der Waals surface area contributed by atoms with Gasteiger partial charge >= 0.3 is 0 Å². The van der Waals surface area contributed by atoms with Gasteiger partial charge in [-0.2, -0.15) is 0 Å². The van der Waals surface area contributed by atoms with Crippen LogP contribution in [0.1, 0.15) is 26.7 Å². The van der Waals surface area contributed by atoms with Gasteiger partial charge in [-0.1, -0.05) is 54.6 Å². The smallest absolute Gasteiger partial charge is 0.272 e. The predicted octanol–water partition coefficient (Wildman–Crippen LogP) is 8.73. The summed E-state index contributed by atoms with van der Waals surface area (Å²) in [6, 6.07) is 35.8. The molecule has 0 saturated carbocycles. The van der Waals surface area contributed by atoms with Crippen LogP contribution in [0, 0.1) is 0 Å². The molecule has 11 nitrogen and oxygen atoms in total. The molecule has 3 N–H and O–H groups in total. The molecular weight excluding hydrogens is 749 g/mol. The van der Waals surface area contributed by atoms with Crippen molar-refractivity contribution in [3.63, 3.8) is 0 Å². The minimum atomic E-state index is -0.668. The van der Waals surface area contributed by atoms with Crippen molar-refractivity contribution < 1.29 is 33.3 Å². The van der Waals surface area contributed by atoms with Gasteiger partial charge < -0.3 is 34.9 Å². The molecule has 3 amide bonds. The van der Waals surface area contributed by atoms with E-state index < -0.39 is 17.1 Å². The highest BCUT2D eigenvalue weighted by Crippen LogP contribution is 2.38. The number of ether oxygens (including phenoxy) is 4. The Kier molecular flexibility index (Phi) is 13.0. The number of hydrogen-bond donors (Lipinski definition) is 3. The van der Waals surface area contributed by atoms with E-state index in [4.69, 9.17) is 18.9 Å². The number of rotatable bonds is 15. The standard InChI is InChI=1S/C43H38N4O7S2/c1-51-32-20-18-30(37(25-32)53-3)22-34(45-40(48)28-14-9-6-10-15-28)41(49)44-31-16-11-17-33(24-31)56-39(27-12-7-5-8-13-27)42(50)47-43-46-35(26-55-43)29-19-21-36(52-2)38(23-29)54-4/h5-26,39H,1-4H3,(H,44,49)(H,45,48)(H,46,47,50)/b34-22+. The predicted molar refractivity (Wildman–Crippen MR) is 221 cm³/mol. The van der Waals surface area contributed by atoms with Crippen molar-refractivity contribution in [3.05, 3.63) is 149 Å². The number of carbonyl (C=O) groups is 3. The summed E-state index contributed by atoms with van der Waals surface area (Å²) in [4.78, 5) is 46.5. The number of amides is 3. The number of hydrogen-bond acceptors (Lipinski definition) is 10. The van der Waals surface area contributed by atoms with Crippen molar-refractivity contribution >= 4 is 57.7 Å². The topological polar surface area (TPSA) is 137 Å². The summed E-state index contributed by atoms with van der Waals surface area (Å²) in [6.07, 6.45) is 1.54. The molecule has 5 aromatic carbocycles. The van der Waals surface area contributed by atoms with E-state index >= 15 is 0 Å². The van der Waals surface area contributed by atoms with Gasteiger partial charge in [0.25, 0.3) is 11.8 Å². The normalized spacial score (nSPS) is 11.5. The monoisotopic (exact) mass is 786 g/mol. The Bertz CT molecular complexity index is 2350. The van der Waals surface area contributed by atoms with E-state index in [-0.39, 0.29) is 11.6 Å². The zero-order chi connectivity index (χ0) is 39.4. The first-order chi connectivity index (χ1) is 27.3. The van der Waals surface area contributed by atoms with Gasteiger partial charge in [0.15, 0.2) is 16.6 Å². The number of carbonyl (C=O) groups excluding carboxylic acids is 3. The third kappa shape index (κ3) is 9.75. The maximum Gasteiger partial charge on any atom is 0.272 e. The molecule has 0 saturated heterocycles. The Labute approximate surface area is 332 Å². The number of methoxy groups -OCH3 is 4. The number of anilines is 2. The molecule has 0 aliphatic carbocycles. The summed E-state index contributed by atoms with van der Waals surface area (Å²) in [5, 5.41) is 10.3. The van der Waals surface area contributed by atoms with Gasteiger partial charge in [0.1, 0.15) is 22.4 Å². The van der Waals surface area contributed by atoms with E-state index in [0.29, 0.717) is 55.5 Å². The minimum absolute atomic E-state index is 0.0159. The molecule has 0 spiro atoms. The quantitative estimate of drug-likeness (QED) is 0.0690. The lowest BCUT2D eigenvalue weighted by atomic mass is 10.1. The molecule has 56 heavy (non-hydrogen) atoms. The zero-order valence-electron chi connectivity index (χ0n) is 30.9. The molecule has 0 fully saturated rings. The third-order valence-corrected chi connectivity index (χ3v) is 10.4. The van der Waals surface area contributed by atoms with Crippen LogP contribution in [-0.4, -0.2) is 51.1 Å². The van der Waals surface area contributed by atoms with Gasteiger partial charge in [-0.15, -0.1) is 23.1 Å². The van der Waals surface area contributed by atoms with E-state index in [1.165, 1.54) is 36.3 Å². The van der Waals surface area contributed by atoms with Crippen LogP contribution in [0.5, 0.6) is 23.0 Å². The lowest BCUT2D eigenvalue weighted by molar-refractivity contribution is -0.116. The Hall–Kier alpha value is -6.57. The first kappa shape index (κ1) is 39.1. The van der Waals surface area contributed by atoms with Crippen molar-refractivity contribution in [2.45, 2.75) is 10.1 Å². The van der Waals surface area contributed by atoms with Crippen molar-refractivity contribution in [1.82, 2.24) is 10.3 Å². The summed E-state index contributed by atoms with van der Waals surface area (Å²) >= 11 is 2.63. The van der Waals surface area contributed by atoms with Crippen molar-refractivity contribution in [2.75, 3.05) is 39.1 Å². The second-order valence-electron chi connectivity index (χ2n) is 12.0. The van der Waals surface area contributed by atoms with Gasteiger partial charge in [0.05, 0.1) is 34.1 Å². The highest BCUT2D eigenvalue weighted by atomic mass is 32.2. The van der Waals surface area contributed by atoms with Crippen LogP contribution < -0.4 is 34.9 Å². The second kappa shape index (κ2) is 18.7. The molecule has 0 radical (unpaired) electrons. The molecule has 1 aromatic heterocycles. The van der Waals surface area contributed by atoms with E-state index in [9.17, 15) is 14.4 Å². The second-order valence-corrected chi connectivity index (χ2v) is 14.0. The Morgan fingerprint density at radius 3 is 2.16 bits per heavy atom. The van der Waals surface area contributed by atoms with Gasteiger partial charge in [-0.05, 0) is 72.3 Å². The first-order valence-electron chi connectivity index (χ1n) is 17.2. The van der Waals surface area contributed by atoms with Crippen LogP contribution in [0.4, 0.5) is 10.8 Å². The molecule has 6 rings (SSSR count). The summed E-state index contributed by atoms with van der Waals surface area (Å²) in [6.45, 7) is 0. The summed E-state index contributed by atoms with van der Waals surface area (Å²) in [7, 11) is 6.20. The van der Waals surface area contributed by atoms with Crippen LogP contribution in [0.3, 0.4) is 0 Å². The fourth-order valence-corrected chi connectivity index (χ4v) is 7.35. The van der Waals surface area contributed by atoms with Crippen molar-refractivity contribution in [1.29, 1.82) is 0 Å². The average Bonchev–Trinajstić information content (AvgIpc) is 3.71. The number of thioether (sulfide) groups is 1. The maximum atomic E-state index is 13.9. The maximum absolute atomic E-state index is 13.9. The minimum Gasteiger partial charge on any atom is -0.497 e. The largest absolute Gasteiger partial charge is 0.497 e. The zero-order valence-corrected chi connectivity index (χ0v) is 32.5. The molecule has 0 bridgehead atoms. The fourth-order valence-electron chi connectivity index (χ4n) is 5.55. The molecule has 1 atom stereocenters. The number of aromatic nitrogens is 1. The molecule has 0 aliphatic rings. The average molecular weight is 787 g/mol. The first-order valence-corrected chi connectivity index (χ1v) is 19.0. The molecule has 284 valence electrons. The Morgan fingerprint density at radius 2 is 1.45 bits per heavy atom. The summed E-state index contributed by atoms with van der Waals surface area (Å²) in [5.74, 6) is 0.892. The van der Waals surface area contributed by atoms with Crippen LogP contribution in [-0.2, 0) is 9.59 Å². The lowest BCUT2D eigenvalue weighted by Gasteiger charge is -2.17. The molecular formula is C43H38N4O7S2. The third-order valence-electron chi connectivity index (χ3n) is 8.37.